The number of ether oxygens (including phenoxy) is 2. The van der Waals surface area contributed by atoms with Crippen LogP contribution >= 0.6 is 0 Å². The summed E-state index contributed by atoms with van der Waals surface area (Å²) in [6, 6.07) is 3.25. The first-order valence-corrected chi connectivity index (χ1v) is 9.75. The van der Waals surface area contributed by atoms with Crippen molar-refractivity contribution in [2.45, 2.75) is 19.8 Å². The van der Waals surface area contributed by atoms with Crippen LogP contribution in [0.25, 0.3) is 0 Å². The van der Waals surface area contributed by atoms with Crippen molar-refractivity contribution in [1.29, 1.82) is 0 Å². The van der Waals surface area contributed by atoms with Gasteiger partial charge in [-0.3, -0.25) is 24.5 Å². The zero-order valence-corrected chi connectivity index (χ0v) is 17.7. The lowest BCUT2D eigenvalue weighted by molar-refractivity contribution is -0.384. The second-order valence-corrected chi connectivity index (χ2v) is 7.09. The molecule has 0 N–H and O–H groups in total. The zero-order valence-electron chi connectivity index (χ0n) is 17.7. The van der Waals surface area contributed by atoms with E-state index in [9.17, 15) is 29.3 Å². The number of hydrogen-bond acceptors (Lipinski definition) is 8. The molecular formula is C20H25N3O8. The van der Waals surface area contributed by atoms with Gasteiger partial charge in [-0.2, -0.15) is 0 Å². The van der Waals surface area contributed by atoms with Crippen LogP contribution in [-0.2, 0) is 19.1 Å². The summed E-state index contributed by atoms with van der Waals surface area (Å²) >= 11 is 0. The van der Waals surface area contributed by atoms with Gasteiger partial charge in [0, 0.05) is 37.8 Å². The summed E-state index contributed by atoms with van der Waals surface area (Å²) in [7, 11) is 2.51. The van der Waals surface area contributed by atoms with Crippen LogP contribution in [0.1, 0.15) is 40.5 Å². The summed E-state index contributed by atoms with van der Waals surface area (Å²) < 4.78 is 9.58. The van der Waals surface area contributed by atoms with Crippen molar-refractivity contribution in [3.63, 3.8) is 0 Å². The molecule has 2 amide bonds. The minimum Gasteiger partial charge on any atom is -0.466 e. The topological polar surface area (TPSA) is 136 Å². The van der Waals surface area contributed by atoms with Crippen molar-refractivity contribution in [2.75, 3.05) is 40.4 Å². The number of piperidine rings is 1. The number of nitrogens with zero attached hydrogens (tertiary/aromatic N) is 3. The van der Waals surface area contributed by atoms with Crippen LogP contribution in [0.2, 0.25) is 0 Å². The Labute approximate surface area is 179 Å². The normalized spacial score (nSPS) is 14.0. The molecule has 11 nitrogen and oxygen atoms in total. The van der Waals surface area contributed by atoms with Crippen LogP contribution in [0, 0.1) is 16.0 Å². The van der Waals surface area contributed by atoms with Crippen molar-refractivity contribution >= 4 is 29.4 Å². The van der Waals surface area contributed by atoms with Crippen LogP contribution < -0.4 is 0 Å². The number of methoxy groups -OCH3 is 1. The highest BCUT2D eigenvalue weighted by Crippen LogP contribution is 2.21. The highest BCUT2D eigenvalue weighted by atomic mass is 16.6. The molecule has 0 aliphatic carbocycles. The number of likely N-dealkylation sites (tertiary alicyclic amines) is 1. The maximum atomic E-state index is 12.7. The molecule has 0 saturated carbocycles. The molecule has 1 aromatic carbocycles. The summed E-state index contributed by atoms with van der Waals surface area (Å²) in [6.07, 6.45) is 0.963. The minimum atomic E-state index is -0.819. The predicted octanol–water partition coefficient (Wildman–Crippen LogP) is 1.26. The van der Waals surface area contributed by atoms with Gasteiger partial charge in [-0.25, -0.2) is 4.79 Å². The second kappa shape index (κ2) is 10.5. The Kier molecular flexibility index (Phi) is 8.06. The summed E-state index contributed by atoms with van der Waals surface area (Å²) in [5, 5.41) is 11.1. The molecule has 0 bridgehead atoms. The molecule has 0 spiro atoms. The number of non-ortho nitro benzene ring substituents is 1. The summed E-state index contributed by atoms with van der Waals surface area (Å²) in [5.74, 6) is -2.29. The lowest BCUT2D eigenvalue weighted by atomic mass is 9.97. The number of esters is 2. The Morgan fingerprint density at radius 1 is 1.16 bits per heavy atom. The number of likely N-dealkylation sites (N-methyl/N-ethyl adjacent to an activating group) is 1. The number of carbonyl (C=O) groups excluding carboxylic acids is 4. The van der Waals surface area contributed by atoms with E-state index >= 15 is 0 Å². The smallest absolute Gasteiger partial charge is 0.338 e. The van der Waals surface area contributed by atoms with Crippen LogP contribution in [0.4, 0.5) is 5.69 Å². The maximum Gasteiger partial charge on any atom is 0.338 e. The van der Waals surface area contributed by atoms with Crippen molar-refractivity contribution in [2.24, 2.45) is 5.92 Å². The third kappa shape index (κ3) is 6.00. The summed E-state index contributed by atoms with van der Waals surface area (Å²) in [6.45, 7) is 2.53. The van der Waals surface area contributed by atoms with Crippen molar-refractivity contribution in [3.8, 4) is 0 Å². The SMILES string of the molecule is CCOC(=O)C1CCN(C(=O)CN(C)C(=O)c2cc(C(=O)OC)cc([N+](=O)[O-])c2)CC1. The Hall–Kier alpha value is -3.50. The van der Waals surface area contributed by atoms with Gasteiger partial charge in [0.1, 0.15) is 0 Å². The first-order valence-electron chi connectivity index (χ1n) is 9.75. The number of hydrogen-bond donors (Lipinski definition) is 0. The highest BCUT2D eigenvalue weighted by molar-refractivity contribution is 6.00. The number of amides is 2. The van der Waals surface area contributed by atoms with Gasteiger partial charge in [0.15, 0.2) is 0 Å². The van der Waals surface area contributed by atoms with Gasteiger partial charge in [0.25, 0.3) is 11.6 Å². The van der Waals surface area contributed by atoms with Crippen molar-refractivity contribution < 1.29 is 33.6 Å². The zero-order chi connectivity index (χ0) is 23.1. The Morgan fingerprint density at radius 3 is 2.32 bits per heavy atom. The molecule has 1 aliphatic rings. The van der Waals surface area contributed by atoms with E-state index in [0.29, 0.717) is 32.5 Å². The molecule has 31 heavy (non-hydrogen) atoms. The van der Waals surface area contributed by atoms with Gasteiger partial charge in [-0.05, 0) is 25.8 Å². The van der Waals surface area contributed by atoms with Gasteiger partial charge in [-0.15, -0.1) is 0 Å². The van der Waals surface area contributed by atoms with E-state index in [4.69, 9.17) is 4.74 Å². The molecule has 1 fully saturated rings. The number of benzene rings is 1. The lowest BCUT2D eigenvalue weighted by Crippen LogP contribution is -2.45. The molecule has 1 aromatic rings. The van der Waals surface area contributed by atoms with E-state index in [2.05, 4.69) is 4.74 Å². The fourth-order valence-corrected chi connectivity index (χ4v) is 3.30. The quantitative estimate of drug-likeness (QED) is 0.355. The first-order chi connectivity index (χ1) is 14.7. The Bertz CT molecular complexity index is 877. The molecular weight excluding hydrogens is 410 g/mol. The number of nitro groups is 1. The van der Waals surface area contributed by atoms with Gasteiger partial charge in [0.2, 0.25) is 5.91 Å². The Balaban J connectivity index is 2.05. The average Bonchev–Trinajstić information content (AvgIpc) is 2.77. The Morgan fingerprint density at radius 2 is 1.77 bits per heavy atom. The molecule has 2 rings (SSSR count). The number of carbonyl (C=O) groups is 4. The molecule has 1 saturated heterocycles. The van der Waals surface area contributed by atoms with Gasteiger partial charge in [0.05, 0.1) is 36.7 Å². The van der Waals surface area contributed by atoms with Crippen LogP contribution in [-0.4, -0.2) is 78.9 Å². The number of rotatable bonds is 7. The monoisotopic (exact) mass is 435 g/mol. The molecule has 1 aliphatic heterocycles. The first kappa shape index (κ1) is 23.8. The summed E-state index contributed by atoms with van der Waals surface area (Å²) in [4.78, 5) is 62.0. The van der Waals surface area contributed by atoms with Gasteiger partial charge in [-0.1, -0.05) is 0 Å². The van der Waals surface area contributed by atoms with Crippen LogP contribution in [0.3, 0.4) is 0 Å². The molecule has 0 radical (unpaired) electrons. The predicted molar refractivity (Wildman–Crippen MR) is 107 cm³/mol. The minimum absolute atomic E-state index is 0.106. The van der Waals surface area contributed by atoms with E-state index in [0.717, 1.165) is 24.1 Å². The molecule has 168 valence electrons. The largest absolute Gasteiger partial charge is 0.466 e. The fourth-order valence-electron chi connectivity index (χ4n) is 3.30. The van der Waals surface area contributed by atoms with E-state index in [-0.39, 0.29) is 35.5 Å². The molecule has 0 unspecified atom stereocenters. The molecule has 0 aromatic heterocycles. The standard InChI is InChI=1S/C20H25N3O8/c1-4-31-20(27)13-5-7-22(8-6-13)17(24)12-21(2)18(25)14-9-15(19(26)30-3)11-16(10-14)23(28)29/h9-11,13H,4-8,12H2,1-3H3. The van der Waals surface area contributed by atoms with E-state index in [1.807, 2.05) is 0 Å². The molecule has 11 heteroatoms. The van der Waals surface area contributed by atoms with Crippen LogP contribution in [0.5, 0.6) is 0 Å². The van der Waals surface area contributed by atoms with Crippen LogP contribution in [0.15, 0.2) is 18.2 Å². The van der Waals surface area contributed by atoms with Crippen molar-refractivity contribution in [1.82, 2.24) is 9.80 Å². The van der Waals surface area contributed by atoms with E-state index in [1.165, 1.54) is 13.1 Å². The van der Waals surface area contributed by atoms with Crippen molar-refractivity contribution in [3.05, 3.63) is 39.4 Å². The van der Waals surface area contributed by atoms with E-state index < -0.39 is 22.5 Å². The molecule has 1 heterocycles. The highest BCUT2D eigenvalue weighted by Gasteiger charge is 2.29. The maximum absolute atomic E-state index is 12.7. The number of nitro benzene ring substituents is 1. The average molecular weight is 435 g/mol. The summed E-state index contributed by atoms with van der Waals surface area (Å²) in [5.41, 5.74) is -0.682. The second-order valence-electron chi connectivity index (χ2n) is 7.09. The third-order valence-electron chi connectivity index (χ3n) is 4.98. The lowest BCUT2D eigenvalue weighted by Gasteiger charge is -2.32. The third-order valence-corrected chi connectivity index (χ3v) is 4.98. The van der Waals surface area contributed by atoms with Gasteiger partial charge >= 0.3 is 11.9 Å². The van der Waals surface area contributed by atoms with Gasteiger partial charge < -0.3 is 19.3 Å². The molecule has 0 atom stereocenters. The van der Waals surface area contributed by atoms with E-state index in [1.54, 1.807) is 11.8 Å². The fraction of sp³-hybridized carbons (Fsp3) is 0.500.